The summed E-state index contributed by atoms with van der Waals surface area (Å²) in [5.41, 5.74) is 4.99. The van der Waals surface area contributed by atoms with Crippen molar-refractivity contribution in [2.75, 3.05) is 13.1 Å². The Morgan fingerprint density at radius 3 is 1.81 bits per heavy atom. The zero-order valence-corrected chi connectivity index (χ0v) is 17.9. The van der Waals surface area contributed by atoms with E-state index >= 15 is 0 Å². The fourth-order valence-electron chi connectivity index (χ4n) is 2.50. The molecule has 0 unspecified atom stereocenters. The summed E-state index contributed by atoms with van der Waals surface area (Å²) < 4.78 is 0. The summed E-state index contributed by atoms with van der Waals surface area (Å²) in [6, 6.07) is 12.3. The lowest BCUT2D eigenvalue weighted by Crippen LogP contribution is -2.30. The normalized spacial score (nSPS) is 12.7. The minimum atomic E-state index is -0.452. The maximum atomic E-state index is 10.8. The zero-order chi connectivity index (χ0) is 21.3. The van der Waals surface area contributed by atoms with Gasteiger partial charge in [0.1, 0.15) is 0 Å². The van der Waals surface area contributed by atoms with Gasteiger partial charge in [-0.05, 0) is 47.5 Å². The van der Waals surface area contributed by atoms with Gasteiger partial charge in [-0.25, -0.2) is 10.4 Å². The largest absolute Gasteiger partial charge is 0.353 e. The highest BCUT2D eigenvalue weighted by molar-refractivity contribution is 8.93. The number of nitrogens with zero attached hydrogens (tertiary/aromatic N) is 4. The number of aliphatic imine (C=N–C) groups is 1. The highest BCUT2D eigenvalue weighted by atomic mass is 79.9. The van der Waals surface area contributed by atoms with Crippen LogP contribution < -0.4 is 10.7 Å². The van der Waals surface area contributed by atoms with Gasteiger partial charge >= 0.3 is 0 Å². The van der Waals surface area contributed by atoms with E-state index in [2.05, 4.69) is 20.8 Å². The molecule has 3 rings (SSSR count). The SMILES string of the molecule is Br.O=[N+]([O-])c1ccc(/C=C/C(/C=C/c2ccc([N+](=O)[O-])cc2)=NNC2=NCCN2)cc1. The number of hydrazone groups is 1. The maximum Gasteiger partial charge on any atom is 0.269 e. The molecular weight excluding hydrogens is 468 g/mol. The van der Waals surface area contributed by atoms with Gasteiger partial charge in [0.05, 0.1) is 22.1 Å². The summed E-state index contributed by atoms with van der Waals surface area (Å²) in [5, 5.41) is 28.9. The highest BCUT2D eigenvalue weighted by Gasteiger charge is 2.05. The minimum Gasteiger partial charge on any atom is -0.353 e. The van der Waals surface area contributed by atoms with Crippen LogP contribution in [0.5, 0.6) is 0 Å². The van der Waals surface area contributed by atoms with Crippen LogP contribution in [0.2, 0.25) is 0 Å². The van der Waals surface area contributed by atoms with E-state index in [-0.39, 0.29) is 28.4 Å². The van der Waals surface area contributed by atoms with Crippen LogP contribution in [0.15, 0.2) is 70.8 Å². The first-order valence-corrected chi connectivity index (χ1v) is 8.98. The number of hydrogen-bond acceptors (Lipinski definition) is 8. The van der Waals surface area contributed by atoms with Crippen LogP contribution in [0.4, 0.5) is 11.4 Å². The second-order valence-electron chi connectivity index (χ2n) is 6.17. The van der Waals surface area contributed by atoms with Crippen molar-refractivity contribution in [1.82, 2.24) is 10.7 Å². The Kier molecular flexibility index (Phi) is 8.58. The molecule has 160 valence electrons. The third-order valence-electron chi connectivity index (χ3n) is 4.07. The van der Waals surface area contributed by atoms with Gasteiger partial charge in [0.2, 0.25) is 5.96 Å². The van der Waals surface area contributed by atoms with Crippen LogP contribution in [-0.2, 0) is 0 Å². The van der Waals surface area contributed by atoms with Crippen molar-refractivity contribution >= 4 is 52.2 Å². The standard InChI is InChI=1S/C20H18N6O4.BrH/c27-25(28)18-9-3-15(4-10-18)1-7-17(23-24-20-21-13-14-22-20)8-2-16-5-11-19(12-6-16)26(29)30;/h1-12H,13-14H2,(H2,21,22,24);1H/b7-1+,8-2+;. The number of non-ortho nitro benzene ring substituents is 2. The topological polar surface area (TPSA) is 135 Å². The van der Waals surface area contributed by atoms with Crippen molar-refractivity contribution in [3.63, 3.8) is 0 Å². The summed E-state index contributed by atoms with van der Waals surface area (Å²) >= 11 is 0. The number of nitrogens with one attached hydrogen (secondary N) is 2. The number of hydrogen-bond donors (Lipinski definition) is 2. The van der Waals surface area contributed by atoms with E-state index in [0.717, 1.165) is 17.7 Å². The molecule has 0 fully saturated rings. The van der Waals surface area contributed by atoms with Crippen LogP contribution >= 0.6 is 17.0 Å². The molecule has 31 heavy (non-hydrogen) atoms. The van der Waals surface area contributed by atoms with Gasteiger partial charge in [-0.2, -0.15) is 5.10 Å². The van der Waals surface area contributed by atoms with Crippen molar-refractivity contribution in [2.24, 2.45) is 10.1 Å². The van der Waals surface area contributed by atoms with Crippen molar-refractivity contribution < 1.29 is 9.85 Å². The highest BCUT2D eigenvalue weighted by Crippen LogP contribution is 2.14. The first-order chi connectivity index (χ1) is 14.5. The van der Waals surface area contributed by atoms with Gasteiger partial charge in [-0.15, -0.1) is 17.0 Å². The predicted molar refractivity (Wildman–Crippen MR) is 125 cm³/mol. The molecular formula is C20H19BrN6O4. The molecule has 0 aliphatic carbocycles. The van der Waals surface area contributed by atoms with Crippen LogP contribution in [-0.4, -0.2) is 34.6 Å². The van der Waals surface area contributed by atoms with E-state index in [1.807, 2.05) is 0 Å². The Morgan fingerprint density at radius 2 is 1.42 bits per heavy atom. The second kappa shape index (κ2) is 11.4. The van der Waals surface area contributed by atoms with Crippen molar-refractivity contribution in [3.8, 4) is 0 Å². The number of nitro benzene ring substituents is 2. The lowest BCUT2D eigenvalue weighted by molar-refractivity contribution is -0.385. The molecule has 2 aromatic carbocycles. The number of guanidine groups is 1. The quantitative estimate of drug-likeness (QED) is 0.347. The van der Waals surface area contributed by atoms with E-state index in [1.54, 1.807) is 48.6 Å². The summed E-state index contributed by atoms with van der Waals surface area (Å²) in [5.74, 6) is 0.569. The average Bonchev–Trinajstić information content (AvgIpc) is 3.27. The Balaban J connectivity index is 0.00000341. The summed E-state index contributed by atoms with van der Waals surface area (Å²) in [6.45, 7) is 1.41. The summed E-state index contributed by atoms with van der Waals surface area (Å²) in [7, 11) is 0. The number of allylic oxidation sites excluding steroid dienone is 2. The van der Waals surface area contributed by atoms with E-state index in [1.165, 1.54) is 24.3 Å². The third kappa shape index (κ3) is 7.16. The van der Waals surface area contributed by atoms with Crippen LogP contribution in [0, 0.1) is 20.2 Å². The number of rotatable bonds is 7. The molecule has 0 spiro atoms. The lowest BCUT2D eigenvalue weighted by atomic mass is 10.1. The summed E-state index contributed by atoms with van der Waals surface area (Å²) in [4.78, 5) is 24.8. The Bertz CT molecular complexity index is 977. The molecule has 2 N–H and O–H groups in total. The molecule has 0 saturated carbocycles. The average molecular weight is 487 g/mol. The molecule has 11 heteroatoms. The maximum absolute atomic E-state index is 10.8. The van der Waals surface area contributed by atoms with Gasteiger partial charge in [0.15, 0.2) is 0 Å². The van der Waals surface area contributed by atoms with Crippen molar-refractivity contribution in [3.05, 3.63) is 92.0 Å². The number of benzene rings is 2. The van der Waals surface area contributed by atoms with Gasteiger partial charge in [-0.3, -0.25) is 20.2 Å². The predicted octanol–water partition coefficient (Wildman–Crippen LogP) is 3.71. The Labute approximate surface area is 188 Å². The first kappa shape index (κ1) is 23.4. The third-order valence-corrected chi connectivity index (χ3v) is 4.07. The molecule has 0 radical (unpaired) electrons. The lowest BCUT2D eigenvalue weighted by Gasteiger charge is -2.01. The summed E-state index contributed by atoms with van der Waals surface area (Å²) in [6.07, 6.45) is 7.03. The molecule has 0 aromatic heterocycles. The monoisotopic (exact) mass is 486 g/mol. The zero-order valence-electron chi connectivity index (χ0n) is 16.2. The van der Waals surface area contributed by atoms with Crippen LogP contribution in [0.3, 0.4) is 0 Å². The molecule has 1 aliphatic heterocycles. The van der Waals surface area contributed by atoms with Crippen molar-refractivity contribution in [2.45, 2.75) is 0 Å². The number of nitro groups is 2. The molecule has 0 saturated heterocycles. The Hall–Kier alpha value is -3.86. The molecule has 1 heterocycles. The fourth-order valence-corrected chi connectivity index (χ4v) is 2.50. The molecule has 0 amide bonds. The second-order valence-corrected chi connectivity index (χ2v) is 6.17. The van der Waals surface area contributed by atoms with E-state index in [4.69, 9.17) is 0 Å². The molecule has 10 nitrogen and oxygen atoms in total. The molecule has 1 aliphatic rings. The minimum absolute atomic E-state index is 0. The first-order valence-electron chi connectivity index (χ1n) is 8.98. The van der Waals surface area contributed by atoms with Gasteiger partial charge in [-0.1, -0.05) is 12.2 Å². The van der Waals surface area contributed by atoms with Crippen LogP contribution in [0.25, 0.3) is 12.2 Å². The molecule has 0 bridgehead atoms. The van der Waals surface area contributed by atoms with Crippen molar-refractivity contribution in [1.29, 1.82) is 0 Å². The van der Waals surface area contributed by atoms with E-state index in [9.17, 15) is 20.2 Å². The fraction of sp³-hybridized carbons (Fsp3) is 0.100. The van der Waals surface area contributed by atoms with E-state index < -0.39 is 9.85 Å². The Morgan fingerprint density at radius 1 is 0.935 bits per heavy atom. The van der Waals surface area contributed by atoms with E-state index in [0.29, 0.717) is 18.2 Å². The van der Waals surface area contributed by atoms with Gasteiger partial charge in [0, 0.05) is 30.8 Å². The smallest absolute Gasteiger partial charge is 0.269 e. The van der Waals surface area contributed by atoms with Gasteiger partial charge < -0.3 is 5.32 Å². The molecule has 2 aromatic rings. The molecule has 0 atom stereocenters. The van der Waals surface area contributed by atoms with Crippen LogP contribution in [0.1, 0.15) is 11.1 Å². The van der Waals surface area contributed by atoms with Gasteiger partial charge in [0.25, 0.3) is 11.4 Å². The number of halogens is 1.